The number of hydrogen-bond donors (Lipinski definition) is 0. The van der Waals surface area contributed by atoms with Crippen molar-refractivity contribution in [3.05, 3.63) is 75.3 Å². The van der Waals surface area contributed by atoms with Crippen LogP contribution in [-0.4, -0.2) is 47.6 Å². The minimum absolute atomic E-state index is 0.0404. The molecule has 0 heterocycles. The van der Waals surface area contributed by atoms with E-state index < -0.39 is 10.8 Å². The lowest BCUT2D eigenvalue weighted by Crippen LogP contribution is -2.09. The first kappa shape index (κ1) is 24.5. The Morgan fingerprint density at radius 3 is 1.41 bits per heavy atom. The summed E-state index contributed by atoms with van der Waals surface area (Å²) in [6, 6.07) is 13.4. The van der Waals surface area contributed by atoms with Crippen LogP contribution < -0.4 is 28.4 Å². The fourth-order valence-corrected chi connectivity index (χ4v) is 3.90. The van der Waals surface area contributed by atoms with Gasteiger partial charge in [0.05, 0.1) is 47.6 Å². The van der Waals surface area contributed by atoms with Crippen molar-refractivity contribution in [3.8, 4) is 34.5 Å². The number of rotatable bonds is 10. The molecule has 0 aliphatic rings. The summed E-state index contributed by atoms with van der Waals surface area (Å²) in [5.41, 5.74) is 1.98. The van der Waals surface area contributed by atoms with E-state index in [1.807, 2.05) is 6.07 Å². The van der Waals surface area contributed by atoms with Crippen molar-refractivity contribution in [1.82, 2.24) is 0 Å². The Morgan fingerprint density at radius 2 is 1.03 bits per heavy atom. The van der Waals surface area contributed by atoms with Gasteiger partial charge in [-0.05, 0) is 17.7 Å². The minimum Gasteiger partial charge on any atom is -0.496 e. The van der Waals surface area contributed by atoms with Gasteiger partial charge >= 0.3 is 0 Å². The van der Waals surface area contributed by atoms with E-state index in [-0.39, 0.29) is 5.69 Å². The molecule has 34 heavy (non-hydrogen) atoms. The zero-order valence-corrected chi connectivity index (χ0v) is 19.9. The number of benzene rings is 3. The van der Waals surface area contributed by atoms with E-state index in [9.17, 15) is 10.1 Å². The molecule has 0 saturated heterocycles. The first-order valence-corrected chi connectivity index (χ1v) is 10.3. The van der Waals surface area contributed by atoms with Gasteiger partial charge in [-0.3, -0.25) is 10.1 Å². The summed E-state index contributed by atoms with van der Waals surface area (Å²) >= 11 is 0. The summed E-state index contributed by atoms with van der Waals surface area (Å²) < 4.78 is 33.3. The predicted octanol–water partition coefficient (Wildman–Crippen LogP) is 4.83. The molecule has 0 amide bonds. The van der Waals surface area contributed by atoms with Crippen molar-refractivity contribution < 1.29 is 33.3 Å². The molecule has 0 spiro atoms. The largest absolute Gasteiger partial charge is 0.496 e. The molecule has 0 aromatic heterocycles. The third-order valence-corrected chi connectivity index (χ3v) is 5.51. The standard InChI is InChI=1S/C25H27NO8/c1-29-19-13-23(33-5)21(31-3)11-17(19)25(15-8-7-9-16(10-15)26(27)28)18-12-22(32-4)24(34-6)14-20(18)30-2/h7-14,25H,1-6H3. The molecule has 0 N–H and O–H groups in total. The molecule has 9 heteroatoms. The van der Waals surface area contributed by atoms with Crippen LogP contribution in [0.15, 0.2) is 48.5 Å². The number of nitrogens with zero attached hydrogens (tertiary/aromatic N) is 1. The summed E-state index contributed by atoms with van der Waals surface area (Å²) in [5, 5.41) is 11.5. The summed E-state index contributed by atoms with van der Waals surface area (Å²) in [7, 11) is 9.22. The van der Waals surface area contributed by atoms with E-state index in [1.165, 1.54) is 40.6 Å². The van der Waals surface area contributed by atoms with Crippen molar-refractivity contribution in [2.75, 3.05) is 42.7 Å². The lowest BCUT2D eigenvalue weighted by Gasteiger charge is -2.25. The van der Waals surface area contributed by atoms with Gasteiger partial charge in [0.2, 0.25) is 0 Å². The van der Waals surface area contributed by atoms with Gasteiger partial charge < -0.3 is 28.4 Å². The molecule has 3 aromatic carbocycles. The van der Waals surface area contributed by atoms with Gasteiger partial charge in [0.15, 0.2) is 23.0 Å². The predicted molar refractivity (Wildman–Crippen MR) is 126 cm³/mol. The monoisotopic (exact) mass is 469 g/mol. The lowest BCUT2D eigenvalue weighted by molar-refractivity contribution is -0.384. The van der Waals surface area contributed by atoms with Gasteiger partial charge in [-0.1, -0.05) is 12.1 Å². The maximum absolute atomic E-state index is 11.5. The zero-order valence-electron chi connectivity index (χ0n) is 19.9. The first-order chi connectivity index (χ1) is 16.4. The molecule has 0 radical (unpaired) electrons. The Labute approximate surface area is 197 Å². The highest BCUT2D eigenvalue weighted by atomic mass is 16.6. The molecule has 0 saturated carbocycles. The first-order valence-electron chi connectivity index (χ1n) is 10.3. The number of nitro benzene ring substituents is 1. The molecule has 3 aromatic rings. The third-order valence-electron chi connectivity index (χ3n) is 5.51. The van der Waals surface area contributed by atoms with Gasteiger partial charge in [-0.2, -0.15) is 0 Å². The number of ether oxygens (including phenoxy) is 6. The highest BCUT2D eigenvalue weighted by Crippen LogP contribution is 2.48. The Hall–Kier alpha value is -4.14. The van der Waals surface area contributed by atoms with Gasteiger partial charge in [-0.25, -0.2) is 0 Å². The Bertz CT molecular complexity index is 1110. The normalized spacial score (nSPS) is 10.6. The van der Waals surface area contributed by atoms with Crippen LogP contribution >= 0.6 is 0 Å². The van der Waals surface area contributed by atoms with Crippen molar-refractivity contribution in [1.29, 1.82) is 0 Å². The number of non-ortho nitro benzene ring substituents is 1. The van der Waals surface area contributed by atoms with Crippen LogP contribution in [-0.2, 0) is 0 Å². The highest BCUT2D eigenvalue weighted by Gasteiger charge is 2.29. The average Bonchev–Trinajstić information content (AvgIpc) is 2.88. The molecule has 0 aliphatic carbocycles. The molecule has 0 aliphatic heterocycles. The van der Waals surface area contributed by atoms with Crippen LogP contribution in [0.4, 0.5) is 5.69 Å². The van der Waals surface area contributed by atoms with Crippen molar-refractivity contribution in [2.45, 2.75) is 5.92 Å². The zero-order chi connectivity index (χ0) is 24.8. The van der Waals surface area contributed by atoms with E-state index in [1.54, 1.807) is 44.6 Å². The molecular formula is C25H27NO8. The summed E-state index contributed by atoms with van der Waals surface area (Å²) in [6.45, 7) is 0. The Balaban J connectivity index is 2.41. The summed E-state index contributed by atoms with van der Waals surface area (Å²) in [4.78, 5) is 11.1. The maximum Gasteiger partial charge on any atom is 0.269 e. The fourth-order valence-electron chi connectivity index (χ4n) is 3.90. The molecule has 0 bridgehead atoms. The summed E-state index contributed by atoms with van der Waals surface area (Å²) in [6.07, 6.45) is 0. The van der Waals surface area contributed by atoms with Crippen LogP contribution in [0, 0.1) is 10.1 Å². The molecular weight excluding hydrogens is 442 g/mol. The van der Waals surface area contributed by atoms with E-state index >= 15 is 0 Å². The van der Waals surface area contributed by atoms with Gasteiger partial charge in [0.25, 0.3) is 5.69 Å². The quantitative estimate of drug-likeness (QED) is 0.237. The molecule has 180 valence electrons. The summed E-state index contributed by atoms with van der Waals surface area (Å²) in [5.74, 6) is 2.39. The second kappa shape index (κ2) is 10.7. The van der Waals surface area contributed by atoms with Crippen LogP contribution in [0.2, 0.25) is 0 Å². The molecule has 0 atom stereocenters. The number of hydrogen-bond acceptors (Lipinski definition) is 8. The van der Waals surface area contributed by atoms with Crippen molar-refractivity contribution in [3.63, 3.8) is 0 Å². The molecule has 9 nitrogen and oxygen atoms in total. The highest BCUT2D eigenvalue weighted by molar-refractivity contribution is 5.62. The Kier molecular flexibility index (Phi) is 7.68. The van der Waals surface area contributed by atoms with Crippen molar-refractivity contribution >= 4 is 5.69 Å². The fraction of sp³-hybridized carbons (Fsp3) is 0.280. The minimum atomic E-state index is -0.551. The van der Waals surface area contributed by atoms with Crippen LogP contribution in [0.1, 0.15) is 22.6 Å². The smallest absolute Gasteiger partial charge is 0.269 e. The molecule has 3 rings (SSSR count). The van der Waals surface area contributed by atoms with E-state index in [0.29, 0.717) is 51.2 Å². The van der Waals surface area contributed by atoms with Crippen LogP contribution in [0.5, 0.6) is 34.5 Å². The van der Waals surface area contributed by atoms with E-state index in [2.05, 4.69) is 0 Å². The topological polar surface area (TPSA) is 98.5 Å². The van der Waals surface area contributed by atoms with E-state index in [4.69, 9.17) is 28.4 Å². The number of nitro groups is 1. The third kappa shape index (κ3) is 4.63. The number of methoxy groups -OCH3 is 6. The van der Waals surface area contributed by atoms with Gasteiger partial charge in [-0.15, -0.1) is 0 Å². The van der Waals surface area contributed by atoms with Crippen LogP contribution in [0.3, 0.4) is 0 Å². The second-order valence-corrected chi connectivity index (χ2v) is 7.18. The SMILES string of the molecule is COc1cc(OC)c(C(c2cccc([N+](=O)[O-])c2)c2cc(OC)c(OC)cc2OC)cc1OC. The lowest BCUT2D eigenvalue weighted by atomic mass is 9.83. The average molecular weight is 469 g/mol. The van der Waals surface area contributed by atoms with Crippen molar-refractivity contribution in [2.24, 2.45) is 0 Å². The molecule has 0 fully saturated rings. The van der Waals surface area contributed by atoms with Gasteiger partial charge in [0, 0.05) is 41.3 Å². The Morgan fingerprint density at radius 1 is 0.618 bits per heavy atom. The second-order valence-electron chi connectivity index (χ2n) is 7.18. The van der Waals surface area contributed by atoms with Crippen LogP contribution in [0.25, 0.3) is 0 Å². The maximum atomic E-state index is 11.5. The van der Waals surface area contributed by atoms with Gasteiger partial charge in [0.1, 0.15) is 11.5 Å². The molecule has 0 unspecified atom stereocenters. The van der Waals surface area contributed by atoms with E-state index in [0.717, 1.165) is 0 Å².